The summed E-state index contributed by atoms with van der Waals surface area (Å²) in [7, 11) is 1.86. The van der Waals surface area contributed by atoms with Crippen LogP contribution in [-0.4, -0.2) is 23.6 Å². The van der Waals surface area contributed by atoms with Crippen molar-refractivity contribution in [2.24, 2.45) is 0 Å². The van der Waals surface area contributed by atoms with Crippen LogP contribution < -0.4 is 4.78 Å². The number of hydrogen-bond acceptors (Lipinski definition) is 4. The van der Waals surface area contributed by atoms with Crippen molar-refractivity contribution in [3.05, 3.63) is 17.0 Å². The summed E-state index contributed by atoms with van der Waals surface area (Å²) in [5.74, 6) is 0.860. The molecule has 95 valence electrons. The smallest absolute Gasteiger partial charge is 0.341 e. The summed E-state index contributed by atoms with van der Waals surface area (Å²) >= 11 is 10.5. The maximum Gasteiger partial charge on any atom is 0.341 e. The summed E-state index contributed by atoms with van der Waals surface area (Å²) in [5.41, 5.74) is 0.996. The molecule has 0 spiro atoms. The van der Waals surface area contributed by atoms with Crippen molar-refractivity contribution in [3.63, 3.8) is 0 Å². The second-order valence-electron chi connectivity index (χ2n) is 5.09. The summed E-state index contributed by atoms with van der Waals surface area (Å²) in [5, 5.41) is 2.09. The van der Waals surface area contributed by atoms with E-state index >= 15 is 0 Å². The minimum Gasteiger partial charge on any atom is -0.427 e. The van der Waals surface area contributed by atoms with Gasteiger partial charge in [-0.25, -0.2) is 0 Å². The predicted octanol–water partition coefficient (Wildman–Crippen LogP) is 2.97. The highest BCUT2D eigenvalue weighted by Gasteiger charge is 2.34. The number of thiophene rings is 1. The van der Waals surface area contributed by atoms with Crippen LogP contribution in [0.5, 0.6) is 0 Å². The molecular weight excluding hydrogens is 267 g/mol. The van der Waals surface area contributed by atoms with Crippen LogP contribution in [0, 0.1) is 0 Å². The summed E-state index contributed by atoms with van der Waals surface area (Å²) in [4.78, 5) is 0. The lowest BCUT2D eigenvalue weighted by Crippen LogP contribution is -2.45. The van der Waals surface area contributed by atoms with E-state index in [0.717, 1.165) is 12.2 Å². The molecular formula is C12H20BOS3. The van der Waals surface area contributed by atoms with E-state index in [1.807, 2.05) is 7.48 Å². The quantitative estimate of drug-likeness (QED) is 0.604. The lowest BCUT2D eigenvalue weighted by molar-refractivity contribution is 0.0856. The fraction of sp³-hybridized carbons (Fsp3) is 0.667. The molecule has 1 heterocycles. The van der Waals surface area contributed by atoms with E-state index in [9.17, 15) is 0 Å². The van der Waals surface area contributed by atoms with E-state index in [1.54, 1.807) is 11.3 Å². The van der Waals surface area contributed by atoms with Crippen molar-refractivity contribution in [2.75, 3.05) is 5.75 Å². The van der Waals surface area contributed by atoms with Gasteiger partial charge in [0, 0.05) is 9.52 Å². The van der Waals surface area contributed by atoms with E-state index in [-0.39, 0.29) is 10.3 Å². The Morgan fingerprint density at radius 1 is 1.35 bits per heavy atom. The molecule has 0 saturated carbocycles. The van der Waals surface area contributed by atoms with E-state index in [0.29, 0.717) is 0 Å². The molecule has 0 amide bonds. The van der Waals surface area contributed by atoms with Gasteiger partial charge in [0.15, 0.2) is 0 Å². The summed E-state index contributed by atoms with van der Waals surface area (Å²) < 4.78 is 6.90. The van der Waals surface area contributed by atoms with Gasteiger partial charge in [0.2, 0.25) is 0 Å². The lowest BCUT2D eigenvalue weighted by Gasteiger charge is -2.38. The first-order valence-electron chi connectivity index (χ1n) is 5.68. The molecule has 1 aromatic heterocycles. The van der Waals surface area contributed by atoms with Crippen LogP contribution >= 0.6 is 36.6 Å². The third-order valence-electron chi connectivity index (χ3n) is 3.10. The SMILES string of the molecule is CC(C)(S)C(C)(C)O[B]c1sccc1CCS. The zero-order valence-corrected chi connectivity index (χ0v) is 13.5. The fourth-order valence-corrected chi connectivity index (χ4v) is 2.22. The van der Waals surface area contributed by atoms with Crippen LogP contribution in [0.1, 0.15) is 33.3 Å². The molecule has 0 bridgehead atoms. The molecule has 17 heavy (non-hydrogen) atoms. The molecule has 0 aliphatic rings. The molecule has 0 aliphatic heterocycles. The van der Waals surface area contributed by atoms with E-state index in [1.165, 1.54) is 10.3 Å². The molecule has 5 heteroatoms. The average Bonchev–Trinajstić information content (AvgIpc) is 2.61. The summed E-state index contributed by atoms with van der Waals surface area (Å²) in [6.07, 6.45) is 0.979. The topological polar surface area (TPSA) is 9.23 Å². The lowest BCUT2D eigenvalue weighted by atomic mass is 9.87. The number of thiol groups is 2. The first kappa shape index (κ1) is 15.5. The van der Waals surface area contributed by atoms with Gasteiger partial charge in [0.05, 0.1) is 5.60 Å². The van der Waals surface area contributed by atoms with Gasteiger partial charge in [-0.15, -0.1) is 0 Å². The highest BCUT2D eigenvalue weighted by Crippen LogP contribution is 2.30. The molecule has 0 aliphatic carbocycles. The van der Waals surface area contributed by atoms with Crippen LogP contribution in [0.25, 0.3) is 0 Å². The van der Waals surface area contributed by atoms with Crippen molar-refractivity contribution in [3.8, 4) is 0 Å². The summed E-state index contributed by atoms with van der Waals surface area (Å²) in [6, 6.07) is 2.13. The van der Waals surface area contributed by atoms with Gasteiger partial charge in [-0.1, -0.05) is 0 Å². The van der Waals surface area contributed by atoms with Gasteiger partial charge >= 0.3 is 7.48 Å². The van der Waals surface area contributed by atoms with Crippen molar-refractivity contribution in [1.29, 1.82) is 0 Å². The Morgan fingerprint density at radius 2 is 2.00 bits per heavy atom. The maximum absolute atomic E-state index is 5.91. The third-order valence-corrected chi connectivity index (χ3v) is 4.74. The molecule has 1 nitrogen and oxygen atoms in total. The Bertz CT molecular complexity index is 355. The molecule has 0 fully saturated rings. The van der Waals surface area contributed by atoms with E-state index in [2.05, 4.69) is 64.4 Å². The van der Waals surface area contributed by atoms with Gasteiger partial charge in [-0.2, -0.15) is 36.6 Å². The Hall–Kier alpha value is 0.425. The molecule has 0 unspecified atom stereocenters. The zero-order valence-electron chi connectivity index (χ0n) is 10.9. The van der Waals surface area contributed by atoms with Gasteiger partial charge in [0.25, 0.3) is 0 Å². The average molecular weight is 287 g/mol. The van der Waals surface area contributed by atoms with Crippen LogP contribution in [-0.2, 0) is 11.1 Å². The molecule has 0 saturated heterocycles. The number of rotatable bonds is 6. The monoisotopic (exact) mass is 287 g/mol. The van der Waals surface area contributed by atoms with Crippen LogP contribution in [0.2, 0.25) is 0 Å². The largest absolute Gasteiger partial charge is 0.427 e. The molecule has 1 rings (SSSR count). The first-order valence-corrected chi connectivity index (χ1v) is 7.64. The molecule has 1 aromatic rings. The normalized spacial score (nSPS) is 12.8. The Morgan fingerprint density at radius 3 is 2.53 bits per heavy atom. The fourth-order valence-electron chi connectivity index (χ4n) is 1.12. The van der Waals surface area contributed by atoms with Gasteiger partial charge in [-0.3, -0.25) is 0 Å². The Kier molecular flexibility index (Phi) is 5.51. The van der Waals surface area contributed by atoms with Crippen LogP contribution in [0.3, 0.4) is 0 Å². The van der Waals surface area contributed by atoms with Crippen LogP contribution in [0.4, 0.5) is 0 Å². The number of aryl methyl sites for hydroxylation is 1. The second kappa shape index (κ2) is 6.05. The summed E-state index contributed by atoms with van der Waals surface area (Å²) in [6.45, 7) is 8.24. The van der Waals surface area contributed by atoms with Gasteiger partial charge in [-0.05, 0) is 56.9 Å². The minimum atomic E-state index is -0.307. The highest BCUT2D eigenvalue weighted by molar-refractivity contribution is 7.81. The number of hydrogen-bond donors (Lipinski definition) is 2. The van der Waals surface area contributed by atoms with Gasteiger partial charge < -0.3 is 4.65 Å². The van der Waals surface area contributed by atoms with Crippen molar-refractivity contribution in [1.82, 2.24) is 0 Å². The van der Waals surface area contributed by atoms with Crippen molar-refractivity contribution < 1.29 is 4.65 Å². The van der Waals surface area contributed by atoms with Gasteiger partial charge in [0.1, 0.15) is 0 Å². The highest BCUT2D eigenvalue weighted by atomic mass is 32.1. The maximum atomic E-state index is 5.91. The first-order chi connectivity index (χ1) is 7.78. The van der Waals surface area contributed by atoms with E-state index in [4.69, 9.17) is 4.65 Å². The molecule has 0 aromatic carbocycles. The molecule has 1 radical (unpaired) electrons. The van der Waals surface area contributed by atoms with Crippen molar-refractivity contribution in [2.45, 2.75) is 44.5 Å². The molecule has 0 atom stereocenters. The minimum absolute atomic E-state index is 0.190. The zero-order chi connectivity index (χ0) is 13.1. The predicted molar refractivity (Wildman–Crippen MR) is 85.5 cm³/mol. The van der Waals surface area contributed by atoms with E-state index < -0.39 is 0 Å². The Balaban J connectivity index is 2.64. The third kappa shape index (κ3) is 4.23. The Labute approximate surface area is 120 Å². The molecule has 0 N–H and O–H groups in total. The van der Waals surface area contributed by atoms with Crippen molar-refractivity contribution >= 4 is 48.9 Å². The second-order valence-corrected chi connectivity index (χ2v) is 7.60. The standard InChI is InChI=1S/C12H20BOS3/c1-11(2,12(3,4)16)14-13-10-9(5-7-15)6-8-17-10/h6,8,15-16H,5,7H2,1-4H3. The van der Waals surface area contributed by atoms with Crippen LogP contribution in [0.15, 0.2) is 11.4 Å².